The molecule has 0 rings (SSSR count). The van der Waals surface area contributed by atoms with Gasteiger partial charge in [-0.3, -0.25) is 14.4 Å². The first kappa shape index (κ1) is 17.5. The minimum Gasteiger partial charge on any atom is -0.481 e. The Balaban J connectivity index is 4.24. The van der Waals surface area contributed by atoms with Gasteiger partial charge in [0.2, 0.25) is 0 Å². The number of thioether (sulfide) groups is 2. The van der Waals surface area contributed by atoms with Crippen LogP contribution < -0.4 is 0 Å². The van der Waals surface area contributed by atoms with E-state index in [0.717, 1.165) is 0 Å². The summed E-state index contributed by atoms with van der Waals surface area (Å²) >= 11 is 2.34. The number of rotatable bonds is 9. The van der Waals surface area contributed by atoms with E-state index in [2.05, 4.69) is 0 Å². The summed E-state index contributed by atoms with van der Waals surface area (Å²) in [5.74, 6) is -0.0907. The van der Waals surface area contributed by atoms with Crippen LogP contribution in [0.3, 0.4) is 0 Å². The number of carbonyl (C=O) groups excluding carboxylic acids is 2. The van der Waals surface area contributed by atoms with Crippen molar-refractivity contribution < 1.29 is 19.5 Å². The number of hydrogen-bond acceptors (Lipinski definition) is 5. The second-order valence-corrected chi connectivity index (χ2v) is 6.23. The summed E-state index contributed by atoms with van der Waals surface area (Å²) < 4.78 is 0. The van der Waals surface area contributed by atoms with Gasteiger partial charge in [-0.1, -0.05) is 43.8 Å². The summed E-state index contributed by atoms with van der Waals surface area (Å²) in [4.78, 5) is 34.0. The molecule has 0 aliphatic carbocycles. The highest BCUT2D eigenvalue weighted by atomic mass is 32.2. The van der Waals surface area contributed by atoms with Crippen molar-refractivity contribution in [2.75, 3.05) is 11.5 Å². The minimum atomic E-state index is -0.838. The van der Waals surface area contributed by atoms with E-state index in [1.165, 1.54) is 23.5 Å². The largest absolute Gasteiger partial charge is 0.481 e. The van der Waals surface area contributed by atoms with Crippen LogP contribution in [-0.4, -0.2) is 32.8 Å². The number of carbonyl (C=O) groups is 3. The molecule has 0 heterocycles. The number of carboxylic acids is 1. The van der Waals surface area contributed by atoms with Gasteiger partial charge in [0.25, 0.3) is 0 Å². The quantitative estimate of drug-likeness (QED) is 0.520. The zero-order chi connectivity index (χ0) is 14.0. The second-order valence-electron chi connectivity index (χ2n) is 3.70. The third kappa shape index (κ3) is 7.76. The Kier molecular flexibility index (Phi) is 10.2. The maximum absolute atomic E-state index is 11.8. The van der Waals surface area contributed by atoms with Crippen molar-refractivity contribution >= 4 is 39.7 Å². The van der Waals surface area contributed by atoms with E-state index < -0.39 is 11.9 Å². The van der Waals surface area contributed by atoms with E-state index in [1.54, 1.807) is 0 Å². The molecule has 0 amide bonds. The molecule has 0 radical (unpaired) electrons. The number of unbranched alkanes of at least 4 members (excludes halogenated alkanes) is 1. The van der Waals surface area contributed by atoms with Crippen molar-refractivity contribution in [1.82, 2.24) is 0 Å². The molecule has 0 unspecified atom stereocenters. The van der Waals surface area contributed by atoms with Gasteiger partial charge >= 0.3 is 5.97 Å². The van der Waals surface area contributed by atoms with E-state index in [4.69, 9.17) is 5.11 Å². The molecule has 4 nitrogen and oxygen atoms in total. The van der Waals surface area contributed by atoms with Crippen LogP contribution in [0.1, 0.15) is 39.5 Å². The Bertz CT molecular complexity index is 274. The summed E-state index contributed by atoms with van der Waals surface area (Å²) in [5.41, 5.74) is 0. The Morgan fingerprint density at radius 3 is 1.89 bits per heavy atom. The Labute approximate surface area is 116 Å². The lowest BCUT2D eigenvalue weighted by molar-refractivity contribution is -0.137. The van der Waals surface area contributed by atoms with Gasteiger partial charge in [0.15, 0.2) is 10.2 Å². The molecule has 0 aromatic carbocycles. The highest BCUT2D eigenvalue weighted by Gasteiger charge is 2.25. The lowest BCUT2D eigenvalue weighted by Gasteiger charge is -2.12. The van der Waals surface area contributed by atoms with Crippen molar-refractivity contribution in [3.8, 4) is 0 Å². The smallest absolute Gasteiger partial charge is 0.303 e. The summed E-state index contributed by atoms with van der Waals surface area (Å²) in [7, 11) is 0. The van der Waals surface area contributed by atoms with E-state index in [0.29, 0.717) is 30.8 Å². The molecule has 6 heteroatoms. The molecule has 0 bridgehead atoms. The van der Waals surface area contributed by atoms with Crippen LogP contribution in [0.15, 0.2) is 0 Å². The molecule has 0 aromatic rings. The van der Waals surface area contributed by atoms with Gasteiger partial charge in [-0.15, -0.1) is 0 Å². The highest BCUT2D eigenvalue weighted by Crippen LogP contribution is 2.23. The van der Waals surface area contributed by atoms with E-state index in [9.17, 15) is 14.4 Å². The lowest BCUT2D eigenvalue weighted by Crippen LogP contribution is -2.20. The van der Waals surface area contributed by atoms with Crippen molar-refractivity contribution in [1.29, 1.82) is 0 Å². The SMILES string of the molecule is CCSC(=O)C(CCCCC(=O)O)C(=O)SCC. The average Bonchev–Trinajstić information content (AvgIpc) is 2.28. The molecule has 0 saturated heterocycles. The van der Waals surface area contributed by atoms with Crippen molar-refractivity contribution in [2.24, 2.45) is 5.92 Å². The summed E-state index contributed by atoms with van der Waals surface area (Å²) in [6.45, 7) is 3.75. The molecular formula is C12H20O4S2. The molecule has 0 saturated carbocycles. The first-order chi connectivity index (χ1) is 8.52. The molecule has 0 aliphatic heterocycles. The molecule has 0 aliphatic rings. The van der Waals surface area contributed by atoms with Gasteiger partial charge in [-0.2, -0.15) is 0 Å². The second kappa shape index (κ2) is 10.4. The normalized spacial score (nSPS) is 10.6. The van der Waals surface area contributed by atoms with E-state index >= 15 is 0 Å². The summed E-state index contributed by atoms with van der Waals surface area (Å²) in [6.07, 6.45) is 1.67. The van der Waals surface area contributed by atoms with Gasteiger partial charge in [0, 0.05) is 6.42 Å². The average molecular weight is 292 g/mol. The van der Waals surface area contributed by atoms with Crippen molar-refractivity contribution in [3.63, 3.8) is 0 Å². The summed E-state index contributed by atoms with van der Waals surface area (Å²) in [5, 5.41) is 8.35. The topological polar surface area (TPSA) is 71.4 Å². The fraction of sp³-hybridized carbons (Fsp3) is 0.750. The molecule has 104 valence electrons. The number of aliphatic carboxylic acids is 1. The fourth-order valence-electron chi connectivity index (χ4n) is 1.44. The number of hydrogen-bond donors (Lipinski definition) is 1. The van der Waals surface area contributed by atoms with Crippen LogP contribution in [0, 0.1) is 5.92 Å². The van der Waals surface area contributed by atoms with Crippen LogP contribution in [0.2, 0.25) is 0 Å². The predicted molar refractivity (Wildman–Crippen MR) is 75.9 cm³/mol. The Hall–Kier alpha value is -0.490. The van der Waals surface area contributed by atoms with E-state index in [-0.39, 0.29) is 16.7 Å². The monoisotopic (exact) mass is 292 g/mol. The van der Waals surface area contributed by atoms with E-state index in [1.807, 2.05) is 13.8 Å². The molecule has 0 aromatic heterocycles. The van der Waals surface area contributed by atoms with Gasteiger partial charge < -0.3 is 5.11 Å². The van der Waals surface area contributed by atoms with Gasteiger partial charge in [0.1, 0.15) is 0 Å². The Morgan fingerprint density at radius 2 is 1.50 bits per heavy atom. The molecule has 18 heavy (non-hydrogen) atoms. The Morgan fingerprint density at radius 1 is 1.00 bits per heavy atom. The van der Waals surface area contributed by atoms with Gasteiger partial charge in [0.05, 0.1) is 5.92 Å². The van der Waals surface area contributed by atoms with Crippen molar-refractivity contribution in [3.05, 3.63) is 0 Å². The zero-order valence-electron chi connectivity index (χ0n) is 10.8. The van der Waals surface area contributed by atoms with Crippen LogP contribution in [0.5, 0.6) is 0 Å². The molecular weight excluding hydrogens is 272 g/mol. The van der Waals surface area contributed by atoms with Crippen LogP contribution in [-0.2, 0) is 14.4 Å². The third-order valence-electron chi connectivity index (χ3n) is 2.28. The lowest BCUT2D eigenvalue weighted by atomic mass is 10.0. The van der Waals surface area contributed by atoms with Gasteiger partial charge in [-0.05, 0) is 24.3 Å². The number of carboxylic acid groups (broad SMARTS) is 1. The predicted octanol–water partition coefficient (Wildman–Crippen LogP) is 2.81. The van der Waals surface area contributed by atoms with Crippen LogP contribution in [0.25, 0.3) is 0 Å². The summed E-state index contributed by atoms with van der Waals surface area (Å²) in [6, 6.07) is 0. The third-order valence-corrected chi connectivity index (χ3v) is 3.99. The minimum absolute atomic E-state index is 0.0845. The highest BCUT2D eigenvalue weighted by molar-refractivity contribution is 8.15. The van der Waals surface area contributed by atoms with Gasteiger partial charge in [-0.25, -0.2) is 0 Å². The maximum atomic E-state index is 11.8. The zero-order valence-corrected chi connectivity index (χ0v) is 12.4. The maximum Gasteiger partial charge on any atom is 0.303 e. The molecule has 1 N–H and O–H groups in total. The van der Waals surface area contributed by atoms with Crippen molar-refractivity contribution in [2.45, 2.75) is 39.5 Å². The molecule has 0 spiro atoms. The van der Waals surface area contributed by atoms with Crippen LogP contribution >= 0.6 is 23.5 Å². The fourth-order valence-corrected chi connectivity index (χ4v) is 2.94. The standard InChI is InChI=1S/C12H20O4S2/c1-3-17-11(15)9(12(16)18-4-2)7-5-6-8-10(13)14/h9H,3-8H2,1-2H3,(H,13,14). The van der Waals surface area contributed by atoms with Crippen LogP contribution in [0.4, 0.5) is 0 Å². The first-order valence-electron chi connectivity index (χ1n) is 6.07. The first-order valence-corrected chi connectivity index (χ1v) is 8.05. The molecule has 0 atom stereocenters. The molecule has 0 fully saturated rings.